The van der Waals surface area contributed by atoms with Crippen molar-refractivity contribution >= 4 is 5.91 Å². The largest absolute Gasteiger partial charge is 0.492 e. The minimum Gasteiger partial charge on any atom is -0.492 e. The van der Waals surface area contributed by atoms with Gasteiger partial charge in [-0.2, -0.15) is 0 Å². The summed E-state index contributed by atoms with van der Waals surface area (Å²) in [7, 11) is 0. The number of carbonyl (C=O) groups is 1. The quantitative estimate of drug-likeness (QED) is 0.617. The van der Waals surface area contributed by atoms with Gasteiger partial charge in [0.25, 0.3) is 0 Å². The zero-order valence-electron chi connectivity index (χ0n) is 15.2. The average Bonchev–Trinajstić information content (AvgIpc) is 2.65. The predicted molar refractivity (Wildman–Crippen MR) is 96.8 cm³/mol. The van der Waals surface area contributed by atoms with Gasteiger partial charge in [-0.15, -0.1) is 0 Å². The van der Waals surface area contributed by atoms with Crippen molar-refractivity contribution in [2.45, 2.75) is 26.3 Å². The molecule has 1 saturated heterocycles. The number of rotatable bonds is 11. The molecule has 1 aliphatic rings. The van der Waals surface area contributed by atoms with Gasteiger partial charge in [-0.05, 0) is 31.0 Å². The summed E-state index contributed by atoms with van der Waals surface area (Å²) < 4.78 is 16.4. The molecule has 140 valence electrons. The van der Waals surface area contributed by atoms with E-state index in [0.29, 0.717) is 32.8 Å². The highest BCUT2D eigenvalue weighted by molar-refractivity contribution is 5.75. The Morgan fingerprint density at radius 2 is 2.12 bits per heavy atom. The van der Waals surface area contributed by atoms with E-state index in [4.69, 9.17) is 14.2 Å². The van der Waals surface area contributed by atoms with E-state index in [1.165, 1.54) is 0 Å². The van der Waals surface area contributed by atoms with Crippen molar-refractivity contribution in [3.63, 3.8) is 0 Å². The Labute approximate surface area is 150 Å². The summed E-state index contributed by atoms with van der Waals surface area (Å²) in [5, 5.41) is 2.94. The molecule has 0 atom stereocenters. The molecule has 0 saturated carbocycles. The van der Waals surface area contributed by atoms with Gasteiger partial charge in [0.05, 0.1) is 13.2 Å². The molecule has 0 bridgehead atoms. The molecule has 1 aromatic rings. The summed E-state index contributed by atoms with van der Waals surface area (Å²) in [6, 6.07) is 7.89. The summed E-state index contributed by atoms with van der Waals surface area (Å²) in [6.45, 7) is 8.93. The van der Waals surface area contributed by atoms with Gasteiger partial charge in [-0.25, -0.2) is 0 Å². The monoisotopic (exact) mass is 350 g/mol. The summed E-state index contributed by atoms with van der Waals surface area (Å²) >= 11 is 0. The Kier molecular flexibility index (Phi) is 9.33. The predicted octanol–water partition coefficient (Wildman–Crippen LogP) is 1.83. The smallest absolute Gasteiger partial charge is 0.220 e. The molecule has 1 heterocycles. The molecule has 1 aromatic carbocycles. The Morgan fingerprint density at radius 3 is 2.92 bits per heavy atom. The van der Waals surface area contributed by atoms with Crippen molar-refractivity contribution in [2.24, 2.45) is 0 Å². The normalized spacial score (nSPS) is 15.1. The number of morpholine rings is 1. The van der Waals surface area contributed by atoms with Crippen LogP contribution >= 0.6 is 0 Å². The van der Waals surface area contributed by atoms with Crippen LogP contribution in [0, 0.1) is 0 Å². The maximum atomic E-state index is 11.8. The van der Waals surface area contributed by atoms with Crippen LogP contribution in [0.2, 0.25) is 0 Å². The van der Waals surface area contributed by atoms with E-state index in [0.717, 1.165) is 50.6 Å². The maximum absolute atomic E-state index is 11.8. The van der Waals surface area contributed by atoms with Gasteiger partial charge in [0.1, 0.15) is 12.4 Å². The molecule has 0 unspecified atom stereocenters. The number of carbonyl (C=O) groups excluding carboxylic acids is 1. The molecular weight excluding hydrogens is 320 g/mol. The van der Waals surface area contributed by atoms with E-state index >= 15 is 0 Å². The number of nitrogens with zero attached hydrogens (tertiary/aromatic N) is 1. The van der Waals surface area contributed by atoms with Crippen molar-refractivity contribution in [3.05, 3.63) is 29.8 Å². The average molecular weight is 350 g/mol. The zero-order valence-corrected chi connectivity index (χ0v) is 15.2. The van der Waals surface area contributed by atoms with E-state index in [1.54, 1.807) is 0 Å². The molecule has 25 heavy (non-hydrogen) atoms. The van der Waals surface area contributed by atoms with Crippen LogP contribution in [-0.2, 0) is 20.8 Å². The van der Waals surface area contributed by atoms with Crippen LogP contribution in [0.1, 0.15) is 25.3 Å². The third-order valence-corrected chi connectivity index (χ3v) is 4.06. The number of hydrogen-bond donors (Lipinski definition) is 1. The van der Waals surface area contributed by atoms with Gasteiger partial charge < -0.3 is 19.5 Å². The molecule has 1 fully saturated rings. The lowest BCUT2D eigenvalue weighted by Gasteiger charge is -2.26. The summed E-state index contributed by atoms with van der Waals surface area (Å²) in [4.78, 5) is 14.1. The van der Waals surface area contributed by atoms with E-state index in [2.05, 4.69) is 10.2 Å². The molecule has 2 rings (SSSR count). The third kappa shape index (κ3) is 8.34. The van der Waals surface area contributed by atoms with Crippen molar-refractivity contribution < 1.29 is 19.0 Å². The first kappa shape index (κ1) is 19.7. The molecule has 6 heteroatoms. The number of amides is 1. The number of benzene rings is 1. The highest BCUT2D eigenvalue weighted by Gasteiger charge is 2.09. The Hall–Kier alpha value is -1.63. The third-order valence-electron chi connectivity index (χ3n) is 4.06. The Morgan fingerprint density at radius 1 is 1.28 bits per heavy atom. The van der Waals surface area contributed by atoms with E-state index in [1.807, 2.05) is 31.2 Å². The molecule has 0 radical (unpaired) electrons. The van der Waals surface area contributed by atoms with Crippen LogP contribution in [0.4, 0.5) is 0 Å². The number of nitrogens with one attached hydrogen (secondary N) is 1. The Bertz CT molecular complexity index is 504. The highest BCUT2D eigenvalue weighted by atomic mass is 16.5. The van der Waals surface area contributed by atoms with E-state index in [-0.39, 0.29) is 5.91 Å². The fourth-order valence-corrected chi connectivity index (χ4v) is 2.63. The van der Waals surface area contributed by atoms with E-state index in [9.17, 15) is 4.79 Å². The molecule has 1 amide bonds. The molecule has 6 nitrogen and oxygen atoms in total. The maximum Gasteiger partial charge on any atom is 0.220 e. The lowest BCUT2D eigenvalue weighted by Crippen LogP contribution is -2.38. The van der Waals surface area contributed by atoms with E-state index < -0.39 is 0 Å². The van der Waals surface area contributed by atoms with Crippen LogP contribution in [-0.4, -0.2) is 63.5 Å². The van der Waals surface area contributed by atoms with Crippen LogP contribution in [0.15, 0.2) is 24.3 Å². The molecule has 0 spiro atoms. The first-order chi connectivity index (χ1) is 12.3. The number of hydrogen-bond acceptors (Lipinski definition) is 5. The summed E-state index contributed by atoms with van der Waals surface area (Å²) in [6.07, 6.45) is 1.25. The van der Waals surface area contributed by atoms with Crippen LogP contribution in [0.5, 0.6) is 5.75 Å². The standard InChI is InChI=1S/C19H30N2O4/c1-2-23-11-4-7-19(22)20-16-17-5-3-6-18(15-17)25-14-10-21-8-12-24-13-9-21/h3,5-6,15H,2,4,7-14,16H2,1H3,(H,20,22). The van der Waals surface area contributed by atoms with Crippen LogP contribution < -0.4 is 10.1 Å². The second-order valence-corrected chi connectivity index (χ2v) is 6.03. The Balaban J connectivity index is 1.64. The fourth-order valence-electron chi connectivity index (χ4n) is 2.63. The summed E-state index contributed by atoms with van der Waals surface area (Å²) in [5.41, 5.74) is 1.04. The van der Waals surface area contributed by atoms with Crippen LogP contribution in [0.3, 0.4) is 0 Å². The minimum absolute atomic E-state index is 0.0540. The van der Waals surface area contributed by atoms with Crippen molar-refractivity contribution in [1.82, 2.24) is 10.2 Å². The SMILES string of the molecule is CCOCCCC(=O)NCc1cccc(OCCN2CCOCC2)c1. The molecule has 1 aliphatic heterocycles. The van der Waals surface area contributed by atoms with Crippen molar-refractivity contribution in [2.75, 3.05) is 52.7 Å². The van der Waals surface area contributed by atoms with Gasteiger partial charge in [0.2, 0.25) is 5.91 Å². The second-order valence-electron chi connectivity index (χ2n) is 6.03. The van der Waals surface area contributed by atoms with Gasteiger partial charge in [0, 0.05) is 45.8 Å². The van der Waals surface area contributed by atoms with Crippen LogP contribution in [0.25, 0.3) is 0 Å². The molecular formula is C19H30N2O4. The van der Waals surface area contributed by atoms with Gasteiger partial charge in [-0.1, -0.05) is 12.1 Å². The lowest BCUT2D eigenvalue weighted by atomic mass is 10.2. The second kappa shape index (κ2) is 11.8. The van der Waals surface area contributed by atoms with Crippen molar-refractivity contribution in [1.29, 1.82) is 0 Å². The minimum atomic E-state index is 0.0540. The van der Waals surface area contributed by atoms with Gasteiger partial charge in [-0.3, -0.25) is 9.69 Å². The van der Waals surface area contributed by atoms with Gasteiger partial charge in [0.15, 0.2) is 0 Å². The lowest BCUT2D eigenvalue weighted by molar-refractivity contribution is -0.121. The highest BCUT2D eigenvalue weighted by Crippen LogP contribution is 2.13. The molecule has 0 aromatic heterocycles. The first-order valence-corrected chi connectivity index (χ1v) is 9.14. The molecule has 0 aliphatic carbocycles. The summed E-state index contributed by atoms with van der Waals surface area (Å²) in [5.74, 6) is 0.898. The molecule has 1 N–H and O–H groups in total. The van der Waals surface area contributed by atoms with Crippen molar-refractivity contribution in [3.8, 4) is 5.75 Å². The topological polar surface area (TPSA) is 60.0 Å². The van der Waals surface area contributed by atoms with Gasteiger partial charge >= 0.3 is 0 Å². The fraction of sp³-hybridized carbons (Fsp3) is 0.632. The number of ether oxygens (including phenoxy) is 3. The zero-order chi connectivity index (χ0) is 17.7. The first-order valence-electron chi connectivity index (χ1n) is 9.14.